The van der Waals surface area contributed by atoms with Crippen LogP contribution in [0.15, 0.2) is 24.3 Å². The van der Waals surface area contributed by atoms with E-state index in [1.165, 1.54) is 5.56 Å². The van der Waals surface area contributed by atoms with Crippen molar-refractivity contribution in [3.8, 4) is 5.75 Å². The molecule has 0 aliphatic carbocycles. The lowest BCUT2D eigenvalue weighted by molar-refractivity contribution is 0.273. The smallest absolute Gasteiger partial charge is 0.119 e. The number of rotatable bonds is 10. The van der Waals surface area contributed by atoms with Gasteiger partial charge in [0.05, 0.1) is 6.61 Å². The maximum atomic E-state index is 5.73. The van der Waals surface area contributed by atoms with Crippen LogP contribution in [-0.2, 0) is 6.54 Å². The third-order valence-corrected chi connectivity index (χ3v) is 3.74. The lowest BCUT2D eigenvalue weighted by Crippen LogP contribution is -2.33. The predicted octanol–water partition coefficient (Wildman–Crippen LogP) is 3.54. The van der Waals surface area contributed by atoms with E-state index < -0.39 is 0 Å². The van der Waals surface area contributed by atoms with Gasteiger partial charge in [-0.05, 0) is 50.9 Å². The van der Waals surface area contributed by atoms with Gasteiger partial charge in [-0.3, -0.25) is 0 Å². The second-order valence-electron chi connectivity index (χ2n) is 6.43. The van der Waals surface area contributed by atoms with Crippen LogP contribution in [0.3, 0.4) is 0 Å². The number of nitrogens with zero attached hydrogens (tertiary/aromatic N) is 1. The van der Waals surface area contributed by atoms with Crippen LogP contribution in [0.4, 0.5) is 0 Å². The standard InChI is InChI=1S/C18H32N2O/c1-15(2)10-13-21-18-8-6-17(7-9-18)14-19-11-12-20(5)16(3)4/h6-9,15-16,19H,10-14H2,1-5H3. The molecule has 0 atom stereocenters. The Balaban J connectivity index is 2.22. The summed E-state index contributed by atoms with van der Waals surface area (Å²) in [5.74, 6) is 1.66. The summed E-state index contributed by atoms with van der Waals surface area (Å²) in [4.78, 5) is 2.35. The van der Waals surface area contributed by atoms with E-state index in [-0.39, 0.29) is 0 Å². The summed E-state index contributed by atoms with van der Waals surface area (Å²) in [7, 11) is 2.16. The number of hydrogen-bond donors (Lipinski definition) is 1. The molecule has 0 heterocycles. The van der Waals surface area contributed by atoms with Crippen LogP contribution < -0.4 is 10.1 Å². The normalized spacial score (nSPS) is 11.6. The van der Waals surface area contributed by atoms with Gasteiger partial charge in [0.15, 0.2) is 0 Å². The maximum absolute atomic E-state index is 5.73. The fourth-order valence-electron chi connectivity index (χ4n) is 1.86. The minimum atomic E-state index is 0.606. The zero-order valence-corrected chi connectivity index (χ0v) is 14.4. The van der Waals surface area contributed by atoms with Gasteiger partial charge < -0.3 is 15.0 Å². The molecule has 0 unspecified atom stereocenters. The third kappa shape index (κ3) is 8.08. The third-order valence-electron chi connectivity index (χ3n) is 3.74. The maximum Gasteiger partial charge on any atom is 0.119 e. The first-order valence-corrected chi connectivity index (χ1v) is 8.11. The molecule has 21 heavy (non-hydrogen) atoms. The van der Waals surface area contributed by atoms with Gasteiger partial charge in [-0.1, -0.05) is 26.0 Å². The number of hydrogen-bond acceptors (Lipinski definition) is 3. The van der Waals surface area contributed by atoms with Crippen LogP contribution in [0.5, 0.6) is 5.75 Å². The fourth-order valence-corrected chi connectivity index (χ4v) is 1.86. The SMILES string of the molecule is CC(C)CCOc1ccc(CNCCN(C)C(C)C)cc1. The molecule has 1 rings (SSSR count). The zero-order chi connectivity index (χ0) is 15.7. The molecule has 0 saturated carbocycles. The van der Waals surface area contributed by atoms with Gasteiger partial charge in [-0.15, -0.1) is 0 Å². The van der Waals surface area contributed by atoms with Crippen molar-refractivity contribution < 1.29 is 4.74 Å². The lowest BCUT2D eigenvalue weighted by atomic mass is 10.1. The Morgan fingerprint density at radius 1 is 1.10 bits per heavy atom. The molecule has 3 heteroatoms. The second-order valence-corrected chi connectivity index (χ2v) is 6.43. The average molecular weight is 292 g/mol. The Hall–Kier alpha value is -1.06. The molecule has 1 N–H and O–H groups in total. The first-order valence-electron chi connectivity index (χ1n) is 8.11. The Labute approximate surface area is 130 Å². The molecule has 0 saturated heterocycles. The Morgan fingerprint density at radius 3 is 2.33 bits per heavy atom. The van der Waals surface area contributed by atoms with E-state index in [4.69, 9.17) is 4.74 Å². The largest absolute Gasteiger partial charge is 0.494 e. The average Bonchev–Trinajstić information content (AvgIpc) is 2.44. The number of ether oxygens (including phenoxy) is 1. The van der Waals surface area contributed by atoms with E-state index in [9.17, 15) is 0 Å². The van der Waals surface area contributed by atoms with Gasteiger partial charge in [0.25, 0.3) is 0 Å². The van der Waals surface area contributed by atoms with Gasteiger partial charge in [0, 0.05) is 25.7 Å². The van der Waals surface area contributed by atoms with Crippen molar-refractivity contribution in [1.29, 1.82) is 0 Å². The van der Waals surface area contributed by atoms with Gasteiger partial charge >= 0.3 is 0 Å². The topological polar surface area (TPSA) is 24.5 Å². The lowest BCUT2D eigenvalue weighted by Gasteiger charge is -2.20. The van der Waals surface area contributed by atoms with Crippen LogP contribution in [0, 0.1) is 5.92 Å². The summed E-state index contributed by atoms with van der Waals surface area (Å²) in [6.07, 6.45) is 1.10. The minimum absolute atomic E-state index is 0.606. The summed E-state index contributed by atoms with van der Waals surface area (Å²) in [6.45, 7) is 12.7. The molecule has 0 spiro atoms. The van der Waals surface area contributed by atoms with Crippen molar-refractivity contribution in [3.05, 3.63) is 29.8 Å². The quantitative estimate of drug-likeness (QED) is 0.668. The van der Waals surface area contributed by atoms with Crippen molar-refractivity contribution in [2.45, 2.75) is 46.7 Å². The highest BCUT2D eigenvalue weighted by Crippen LogP contribution is 2.13. The summed E-state index contributed by atoms with van der Waals surface area (Å²) in [6, 6.07) is 9.03. The van der Waals surface area contributed by atoms with E-state index in [0.717, 1.165) is 38.4 Å². The first kappa shape index (κ1) is 18.0. The van der Waals surface area contributed by atoms with Crippen LogP contribution >= 0.6 is 0 Å². The molecule has 0 amide bonds. The van der Waals surface area contributed by atoms with E-state index in [1.807, 2.05) is 0 Å². The highest BCUT2D eigenvalue weighted by molar-refractivity contribution is 5.27. The summed E-state index contributed by atoms with van der Waals surface area (Å²) >= 11 is 0. The molecule has 0 aliphatic heterocycles. The highest BCUT2D eigenvalue weighted by atomic mass is 16.5. The molecule has 0 aliphatic rings. The predicted molar refractivity (Wildman–Crippen MR) is 90.9 cm³/mol. The Morgan fingerprint density at radius 2 is 1.76 bits per heavy atom. The van der Waals surface area contributed by atoms with Gasteiger partial charge in [0.2, 0.25) is 0 Å². The molecule has 3 nitrogen and oxygen atoms in total. The van der Waals surface area contributed by atoms with E-state index >= 15 is 0 Å². The summed E-state index contributed by atoms with van der Waals surface area (Å²) < 4.78 is 5.73. The molecule has 0 aromatic heterocycles. The Bertz CT molecular complexity index is 373. The van der Waals surface area contributed by atoms with Crippen LogP contribution in [-0.4, -0.2) is 37.7 Å². The second kappa shape index (κ2) is 9.80. The monoisotopic (exact) mass is 292 g/mol. The van der Waals surface area contributed by atoms with E-state index in [1.54, 1.807) is 0 Å². The molecular weight excluding hydrogens is 260 g/mol. The van der Waals surface area contributed by atoms with E-state index in [2.05, 4.69) is 69.2 Å². The molecular formula is C18H32N2O. The number of likely N-dealkylation sites (N-methyl/N-ethyl adjacent to an activating group) is 1. The van der Waals surface area contributed by atoms with Gasteiger partial charge in [-0.2, -0.15) is 0 Å². The fraction of sp³-hybridized carbons (Fsp3) is 0.667. The van der Waals surface area contributed by atoms with Gasteiger partial charge in [-0.25, -0.2) is 0 Å². The highest BCUT2D eigenvalue weighted by Gasteiger charge is 2.02. The van der Waals surface area contributed by atoms with Crippen molar-refractivity contribution in [1.82, 2.24) is 10.2 Å². The van der Waals surface area contributed by atoms with Crippen LogP contribution in [0.1, 0.15) is 39.7 Å². The number of nitrogens with one attached hydrogen (secondary N) is 1. The molecule has 120 valence electrons. The molecule has 0 radical (unpaired) electrons. The number of benzene rings is 1. The van der Waals surface area contributed by atoms with Crippen LogP contribution in [0.25, 0.3) is 0 Å². The zero-order valence-electron chi connectivity index (χ0n) is 14.4. The molecule has 1 aromatic carbocycles. The van der Waals surface area contributed by atoms with Crippen molar-refractivity contribution >= 4 is 0 Å². The van der Waals surface area contributed by atoms with Crippen molar-refractivity contribution in [2.75, 3.05) is 26.7 Å². The summed E-state index contributed by atoms with van der Waals surface area (Å²) in [5.41, 5.74) is 1.30. The van der Waals surface area contributed by atoms with Crippen molar-refractivity contribution in [2.24, 2.45) is 5.92 Å². The van der Waals surface area contributed by atoms with Crippen LogP contribution in [0.2, 0.25) is 0 Å². The van der Waals surface area contributed by atoms with E-state index in [0.29, 0.717) is 12.0 Å². The molecule has 1 aromatic rings. The molecule has 0 bridgehead atoms. The minimum Gasteiger partial charge on any atom is -0.494 e. The van der Waals surface area contributed by atoms with Gasteiger partial charge in [0.1, 0.15) is 5.75 Å². The first-order chi connectivity index (χ1) is 9.99. The Kier molecular flexibility index (Phi) is 8.40. The van der Waals surface area contributed by atoms with Crippen molar-refractivity contribution in [3.63, 3.8) is 0 Å². The summed E-state index contributed by atoms with van der Waals surface area (Å²) in [5, 5.41) is 3.48. The molecule has 0 fully saturated rings.